The molecule has 0 saturated carbocycles. The number of hydrogen-bond acceptors (Lipinski definition) is 0. The van der Waals surface area contributed by atoms with Crippen molar-refractivity contribution in [2.45, 2.75) is 18.5 Å². The monoisotopic (exact) mass is 146 g/mol. The quantitative estimate of drug-likeness (QED) is 0.461. The Kier molecular flexibility index (Phi) is 1.62. The van der Waals surface area contributed by atoms with Crippen molar-refractivity contribution in [2.75, 3.05) is 0 Å². The van der Waals surface area contributed by atoms with Crippen molar-refractivity contribution in [1.29, 1.82) is 0 Å². The number of halogens is 2. The van der Waals surface area contributed by atoms with Gasteiger partial charge >= 0.3 is 0 Å². The van der Waals surface area contributed by atoms with Gasteiger partial charge in [-0.2, -0.15) is 0 Å². The second kappa shape index (κ2) is 2.14. The molecule has 0 spiro atoms. The fourth-order valence-corrected chi connectivity index (χ4v) is 0.827. The van der Waals surface area contributed by atoms with Gasteiger partial charge < -0.3 is 0 Å². The van der Waals surface area contributed by atoms with Crippen LogP contribution in [-0.4, -0.2) is 5.13 Å². The van der Waals surface area contributed by atoms with E-state index in [0.29, 0.717) is 0 Å². The van der Waals surface area contributed by atoms with E-state index in [-0.39, 0.29) is 6.42 Å². The van der Waals surface area contributed by atoms with E-state index in [2.05, 4.69) is 0 Å². The maximum absolute atomic E-state index is 12.7. The van der Waals surface area contributed by atoms with Gasteiger partial charge in [-0.1, -0.05) is 29.3 Å². The lowest BCUT2D eigenvalue weighted by Gasteiger charge is -2.14. The number of hydrogen-bond donors (Lipinski definition) is 0. The summed E-state index contributed by atoms with van der Waals surface area (Å²) < 4.78 is 12.7. The summed E-state index contributed by atoms with van der Waals surface area (Å²) in [7, 11) is 0. The largest absolute Gasteiger partial charge is 0.221 e. The lowest BCUT2D eigenvalue weighted by Crippen LogP contribution is -2.10. The summed E-state index contributed by atoms with van der Waals surface area (Å²) >= 11 is 5.34. The zero-order valence-electron chi connectivity index (χ0n) is 5.20. The molecule has 50 valence electrons. The van der Waals surface area contributed by atoms with E-state index in [1.54, 1.807) is 12.2 Å². The standard InChI is InChI=1S/C7H8ClF/c1-6-2-4-7(8,9)5-3-6/h2-4H,5H2,1H3. The Hall–Kier alpha value is -0.300. The zero-order valence-corrected chi connectivity index (χ0v) is 5.95. The van der Waals surface area contributed by atoms with Crippen molar-refractivity contribution < 1.29 is 4.39 Å². The second-order valence-corrected chi connectivity index (χ2v) is 2.87. The van der Waals surface area contributed by atoms with E-state index < -0.39 is 5.13 Å². The Morgan fingerprint density at radius 2 is 2.44 bits per heavy atom. The smallest absolute Gasteiger partial charge is 0.205 e. The van der Waals surface area contributed by atoms with Crippen molar-refractivity contribution >= 4 is 11.6 Å². The molecule has 0 aliphatic heterocycles. The predicted octanol–water partition coefficient (Wildman–Crippen LogP) is 2.80. The Morgan fingerprint density at radius 1 is 1.78 bits per heavy atom. The van der Waals surface area contributed by atoms with Gasteiger partial charge in [-0.25, -0.2) is 4.39 Å². The van der Waals surface area contributed by atoms with Crippen LogP contribution in [0.1, 0.15) is 13.3 Å². The highest BCUT2D eigenvalue weighted by atomic mass is 35.5. The summed E-state index contributed by atoms with van der Waals surface area (Å²) in [5.41, 5.74) is 1.07. The van der Waals surface area contributed by atoms with E-state index in [1.165, 1.54) is 6.08 Å². The van der Waals surface area contributed by atoms with Gasteiger partial charge in [0.2, 0.25) is 5.13 Å². The molecule has 1 rings (SSSR count). The first-order valence-corrected chi connectivity index (χ1v) is 3.22. The van der Waals surface area contributed by atoms with E-state index >= 15 is 0 Å². The summed E-state index contributed by atoms with van der Waals surface area (Å²) in [6.45, 7) is 1.92. The average Bonchev–Trinajstić information content (AvgIpc) is 1.78. The van der Waals surface area contributed by atoms with Gasteiger partial charge in [-0.3, -0.25) is 0 Å². The van der Waals surface area contributed by atoms with Crippen LogP contribution in [0.5, 0.6) is 0 Å². The number of alkyl halides is 2. The van der Waals surface area contributed by atoms with Gasteiger partial charge in [0.1, 0.15) is 0 Å². The highest BCUT2D eigenvalue weighted by Gasteiger charge is 2.22. The summed E-state index contributed by atoms with van der Waals surface area (Å²) in [6, 6.07) is 0. The topological polar surface area (TPSA) is 0 Å². The van der Waals surface area contributed by atoms with Crippen LogP contribution in [0.4, 0.5) is 4.39 Å². The minimum Gasteiger partial charge on any atom is -0.221 e. The molecule has 0 N–H and O–H groups in total. The number of rotatable bonds is 0. The third-order valence-corrected chi connectivity index (χ3v) is 1.57. The third-order valence-electron chi connectivity index (χ3n) is 1.29. The summed E-state index contributed by atoms with van der Waals surface area (Å²) in [4.78, 5) is 0. The summed E-state index contributed by atoms with van der Waals surface area (Å²) in [6.07, 6.45) is 5.14. The Labute approximate surface area is 59.0 Å². The molecule has 9 heavy (non-hydrogen) atoms. The summed E-state index contributed by atoms with van der Waals surface area (Å²) in [5.74, 6) is 0. The molecule has 0 fully saturated rings. The molecule has 1 unspecified atom stereocenters. The molecule has 1 atom stereocenters. The van der Waals surface area contributed by atoms with Gasteiger partial charge in [0.05, 0.1) is 0 Å². The van der Waals surface area contributed by atoms with E-state index in [1.807, 2.05) is 6.92 Å². The molecule has 0 aromatic rings. The third kappa shape index (κ3) is 1.83. The molecule has 0 radical (unpaired) electrons. The molecule has 0 heterocycles. The van der Waals surface area contributed by atoms with Crippen molar-refractivity contribution in [3.63, 3.8) is 0 Å². The van der Waals surface area contributed by atoms with Crippen LogP contribution in [-0.2, 0) is 0 Å². The van der Waals surface area contributed by atoms with Gasteiger partial charge in [0.25, 0.3) is 0 Å². The Balaban J connectivity index is 2.70. The van der Waals surface area contributed by atoms with Crippen molar-refractivity contribution in [2.24, 2.45) is 0 Å². The van der Waals surface area contributed by atoms with E-state index in [0.717, 1.165) is 5.57 Å². The highest BCUT2D eigenvalue weighted by molar-refractivity contribution is 6.24. The molecule has 1 aliphatic rings. The van der Waals surface area contributed by atoms with Crippen LogP contribution in [0.3, 0.4) is 0 Å². The molecule has 0 amide bonds. The lowest BCUT2D eigenvalue weighted by molar-refractivity contribution is 0.346. The molecular weight excluding hydrogens is 139 g/mol. The molecule has 0 bridgehead atoms. The normalized spacial score (nSPS) is 34.3. The predicted molar refractivity (Wildman–Crippen MR) is 37.2 cm³/mol. The fraction of sp³-hybridized carbons (Fsp3) is 0.429. The molecule has 1 aliphatic carbocycles. The van der Waals surface area contributed by atoms with Gasteiger partial charge in [-0.05, 0) is 13.0 Å². The van der Waals surface area contributed by atoms with Crippen LogP contribution in [0.15, 0.2) is 23.8 Å². The fourth-order valence-electron chi connectivity index (χ4n) is 0.687. The SMILES string of the molecule is CC1=CCC(F)(Cl)C=C1. The highest BCUT2D eigenvalue weighted by Crippen LogP contribution is 2.28. The average molecular weight is 147 g/mol. The van der Waals surface area contributed by atoms with Crippen LogP contribution in [0.2, 0.25) is 0 Å². The van der Waals surface area contributed by atoms with Crippen LogP contribution in [0, 0.1) is 0 Å². The van der Waals surface area contributed by atoms with Crippen LogP contribution < -0.4 is 0 Å². The first kappa shape index (κ1) is 6.81. The minimum absolute atomic E-state index is 0.289. The van der Waals surface area contributed by atoms with Gasteiger partial charge in [0.15, 0.2) is 0 Å². The van der Waals surface area contributed by atoms with Crippen molar-refractivity contribution in [3.05, 3.63) is 23.8 Å². The minimum atomic E-state index is -1.63. The van der Waals surface area contributed by atoms with E-state index in [9.17, 15) is 4.39 Å². The van der Waals surface area contributed by atoms with Crippen molar-refractivity contribution in [1.82, 2.24) is 0 Å². The maximum Gasteiger partial charge on any atom is 0.205 e. The van der Waals surface area contributed by atoms with Crippen LogP contribution in [0.25, 0.3) is 0 Å². The second-order valence-electron chi connectivity index (χ2n) is 2.25. The lowest BCUT2D eigenvalue weighted by atomic mass is 10.1. The van der Waals surface area contributed by atoms with Crippen LogP contribution >= 0.6 is 11.6 Å². The van der Waals surface area contributed by atoms with Gasteiger partial charge in [0, 0.05) is 6.42 Å². The molecular formula is C7H8ClF. The Morgan fingerprint density at radius 3 is 2.78 bits per heavy atom. The molecule has 0 saturated heterocycles. The van der Waals surface area contributed by atoms with Crippen molar-refractivity contribution in [3.8, 4) is 0 Å². The van der Waals surface area contributed by atoms with E-state index in [4.69, 9.17) is 11.6 Å². The maximum atomic E-state index is 12.7. The molecule has 2 heteroatoms. The van der Waals surface area contributed by atoms with Gasteiger partial charge in [-0.15, -0.1) is 0 Å². The zero-order chi connectivity index (χ0) is 6.91. The molecule has 0 aromatic carbocycles. The summed E-state index contributed by atoms with van der Waals surface area (Å²) in [5, 5.41) is -1.63. The Bertz CT molecular complexity index is 168. The number of allylic oxidation sites excluding steroid dienone is 4. The molecule has 0 aromatic heterocycles. The molecule has 0 nitrogen and oxygen atoms in total. The first-order chi connectivity index (χ1) is 4.10. The first-order valence-electron chi connectivity index (χ1n) is 2.84.